The number of hydrogen-bond acceptors (Lipinski definition) is 7. The Hall–Kier alpha value is -3.00. The minimum Gasteiger partial charge on any atom is -0.393 e. The highest BCUT2D eigenvalue weighted by molar-refractivity contribution is 7.09. The number of nitrogens with two attached hydrogens (primary N) is 1. The molecule has 0 aliphatic heterocycles. The van der Waals surface area contributed by atoms with E-state index in [2.05, 4.69) is 37.0 Å². The second-order valence-electron chi connectivity index (χ2n) is 5.21. The third kappa shape index (κ3) is 2.67. The average molecular weight is 337 g/mol. The van der Waals surface area contributed by atoms with Crippen molar-refractivity contribution in [3.63, 3.8) is 0 Å². The fraction of sp³-hybridized carbons (Fsp3) is 0.125. The van der Waals surface area contributed by atoms with E-state index in [0.29, 0.717) is 17.3 Å². The molecule has 0 bridgehead atoms. The van der Waals surface area contributed by atoms with E-state index in [1.807, 2.05) is 30.3 Å². The molecule has 1 aromatic carbocycles. The lowest BCUT2D eigenvalue weighted by molar-refractivity contribution is 0.799. The SMILES string of the molecule is Nc1c(NCCc2cccs2)ncnc1-n1nnc2ccccc21. The van der Waals surface area contributed by atoms with Gasteiger partial charge in [-0.05, 0) is 30.0 Å². The quantitative estimate of drug-likeness (QED) is 0.581. The van der Waals surface area contributed by atoms with Gasteiger partial charge in [-0.3, -0.25) is 0 Å². The van der Waals surface area contributed by atoms with Crippen LogP contribution in [0.3, 0.4) is 0 Å². The number of fused-ring (bicyclic) bond motifs is 1. The zero-order valence-corrected chi connectivity index (χ0v) is 13.6. The summed E-state index contributed by atoms with van der Waals surface area (Å²) in [5.74, 6) is 1.13. The van der Waals surface area contributed by atoms with Gasteiger partial charge in [-0.1, -0.05) is 23.4 Å². The zero-order valence-electron chi connectivity index (χ0n) is 12.8. The Balaban J connectivity index is 1.61. The second kappa shape index (κ2) is 6.25. The molecule has 8 heteroatoms. The van der Waals surface area contributed by atoms with Gasteiger partial charge in [0.1, 0.15) is 17.5 Å². The Morgan fingerprint density at radius 3 is 2.92 bits per heavy atom. The van der Waals surface area contributed by atoms with Crippen molar-refractivity contribution in [2.24, 2.45) is 0 Å². The first-order valence-electron chi connectivity index (χ1n) is 7.50. The van der Waals surface area contributed by atoms with Crippen molar-refractivity contribution in [3.8, 4) is 5.82 Å². The highest BCUT2D eigenvalue weighted by Crippen LogP contribution is 2.24. The topological polar surface area (TPSA) is 94.5 Å². The van der Waals surface area contributed by atoms with Gasteiger partial charge in [-0.25, -0.2) is 9.97 Å². The maximum absolute atomic E-state index is 6.25. The van der Waals surface area contributed by atoms with Gasteiger partial charge < -0.3 is 11.1 Å². The van der Waals surface area contributed by atoms with Crippen molar-refractivity contribution >= 4 is 33.9 Å². The number of rotatable bonds is 5. The summed E-state index contributed by atoms with van der Waals surface area (Å²) < 4.78 is 1.64. The standard InChI is InChI=1S/C16H15N7S/c17-14-15(18-8-7-11-4-3-9-24-11)19-10-20-16(14)23-13-6-2-1-5-12(13)21-22-23/h1-6,9-10H,7-8,17H2,(H,18,19,20). The first-order chi connectivity index (χ1) is 11.8. The monoisotopic (exact) mass is 337 g/mol. The average Bonchev–Trinajstić information content (AvgIpc) is 3.26. The van der Waals surface area contributed by atoms with Crippen LogP contribution in [0.5, 0.6) is 0 Å². The molecule has 4 aromatic rings. The van der Waals surface area contributed by atoms with Crippen molar-refractivity contribution in [1.82, 2.24) is 25.0 Å². The van der Waals surface area contributed by atoms with Crippen LogP contribution < -0.4 is 11.1 Å². The lowest BCUT2D eigenvalue weighted by Crippen LogP contribution is -2.12. The highest BCUT2D eigenvalue weighted by Gasteiger charge is 2.13. The second-order valence-corrected chi connectivity index (χ2v) is 6.24. The van der Waals surface area contributed by atoms with E-state index in [1.165, 1.54) is 11.2 Å². The lowest BCUT2D eigenvalue weighted by Gasteiger charge is -2.10. The first kappa shape index (κ1) is 14.6. The number of aromatic nitrogens is 5. The molecule has 3 heterocycles. The molecule has 0 spiro atoms. The Labute approximate surface area is 142 Å². The van der Waals surface area contributed by atoms with Gasteiger partial charge in [0.2, 0.25) is 0 Å². The molecule has 0 aliphatic rings. The van der Waals surface area contributed by atoms with Crippen LogP contribution in [-0.4, -0.2) is 31.5 Å². The van der Waals surface area contributed by atoms with E-state index in [1.54, 1.807) is 16.0 Å². The summed E-state index contributed by atoms with van der Waals surface area (Å²) in [6, 6.07) is 11.8. The van der Waals surface area contributed by atoms with Crippen molar-refractivity contribution in [3.05, 3.63) is 53.0 Å². The fourth-order valence-corrected chi connectivity index (χ4v) is 3.19. The number of nitrogen functional groups attached to an aromatic ring is 1. The summed E-state index contributed by atoms with van der Waals surface area (Å²) in [7, 11) is 0. The summed E-state index contributed by atoms with van der Waals surface area (Å²) >= 11 is 1.74. The van der Waals surface area contributed by atoms with Crippen LogP contribution in [0.4, 0.5) is 11.5 Å². The summed E-state index contributed by atoms with van der Waals surface area (Å²) in [6.45, 7) is 0.749. The molecule has 0 saturated heterocycles. The summed E-state index contributed by atoms with van der Waals surface area (Å²) in [6.07, 6.45) is 2.40. The number of hydrogen-bond donors (Lipinski definition) is 2. The van der Waals surface area contributed by atoms with Crippen LogP contribution in [0.1, 0.15) is 4.88 Å². The van der Waals surface area contributed by atoms with E-state index in [0.717, 1.165) is 24.0 Å². The zero-order chi connectivity index (χ0) is 16.4. The van der Waals surface area contributed by atoms with Gasteiger partial charge in [0.05, 0.1) is 5.52 Å². The molecule has 120 valence electrons. The molecule has 7 nitrogen and oxygen atoms in total. The van der Waals surface area contributed by atoms with Crippen LogP contribution >= 0.6 is 11.3 Å². The molecule has 3 aromatic heterocycles. The van der Waals surface area contributed by atoms with Crippen LogP contribution in [0.25, 0.3) is 16.9 Å². The molecule has 0 radical (unpaired) electrons. The van der Waals surface area contributed by atoms with Gasteiger partial charge in [0, 0.05) is 11.4 Å². The summed E-state index contributed by atoms with van der Waals surface area (Å²) in [5, 5.41) is 13.6. The van der Waals surface area contributed by atoms with Gasteiger partial charge in [0.25, 0.3) is 0 Å². The first-order valence-corrected chi connectivity index (χ1v) is 8.38. The van der Waals surface area contributed by atoms with Crippen molar-refractivity contribution < 1.29 is 0 Å². The third-order valence-electron chi connectivity index (χ3n) is 3.66. The van der Waals surface area contributed by atoms with E-state index in [-0.39, 0.29) is 0 Å². The van der Waals surface area contributed by atoms with E-state index in [9.17, 15) is 0 Å². The van der Waals surface area contributed by atoms with Gasteiger partial charge >= 0.3 is 0 Å². The smallest absolute Gasteiger partial charge is 0.184 e. The maximum Gasteiger partial charge on any atom is 0.184 e. The minimum absolute atomic E-state index is 0.458. The third-order valence-corrected chi connectivity index (χ3v) is 4.60. The summed E-state index contributed by atoms with van der Waals surface area (Å²) in [4.78, 5) is 9.84. The van der Waals surface area contributed by atoms with Crippen molar-refractivity contribution in [1.29, 1.82) is 0 Å². The predicted octanol–water partition coefficient (Wildman–Crippen LogP) is 2.51. The normalized spacial score (nSPS) is 11.0. The maximum atomic E-state index is 6.25. The molecular weight excluding hydrogens is 322 g/mol. The number of thiophene rings is 1. The number of anilines is 2. The number of para-hydroxylation sites is 1. The molecular formula is C16H15N7S. The van der Waals surface area contributed by atoms with Crippen molar-refractivity contribution in [2.75, 3.05) is 17.6 Å². The van der Waals surface area contributed by atoms with Crippen LogP contribution in [0.15, 0.2) is 48.1 Å². The van der Waals surface area contributed by atoms with E-state index >= 15 is 0 Å². The molecule has 4 rings (SSSR count). The Morgan fingerprint density at radius 2 is 2.04 bits per heavy atom. The lowest BCUT2D eigenvalue weighted by atomic mass is 10.3. The Bertz CT molecular complexity index is 962. The number of nitrogens with zero attached hydrogens (tertiary/aromatic N) is 5. The molecule has 24 heavy (non-hydrogen) atoms. The largest absolute Gasteiger partial charge is 0.393 e. The predicted molar refractivity (Wildman–Crippen MR) is 95.4 cm³/mol. The number of nitrogens with one attached hydrogen (secondary N) is 1. The van der Waals surface area contributed by atoms with E-state index < -0.39 is 0 Å². The molecule has 0 aliphatic carbocycles. The molecule has 0 fully saturated rings. The molecule has 3 N–H and O–H groups in total. The summed E-state index contributed by atoms with van der Waals surface area (Å²) in [5.41, 5.74) is 8.36. The van der Waals surface area contributed by atoms with Crippen LogP contribution in [0, 0.1) is 0 Å². The molecule has 0 atom stereocenters. The number of benzene rings is 1. The minimum atomic E-state index is 0.458. The van der Waals surface area contributed by atoms with E-state index in [4.69, 9.17) is 5.73 Å². The van der Waals surface area contributed by atoms with Gasteiger partial charge in [-0.2, -0.15) is 4.68 Å². The van der Waals surface area contributed by atoms with Crippen LogP contribution in [0.2, 0.25) is 0 Å². The van der Waals surface area contributed by atoms with Crippen LogP contribution in [-0.2, 0) is 6.42 Å². The van der Waals surface area contributed by atoms with Gasteiger partial charge in [-0.15, -0.1) is 16.4 Å². The molecule has 0 saturated carbocycles. The molecule has 0 amide bonds. The Kier molecular flexibility index (Phi) is 3.80. The fourth-order valence-electron chi connectivity index (χ4n) is 2.48. The van der Waals surface area contributed by atoms with Crippen molar-refractivity contribution in [2.45, 2.75) is 6.42 Å². The van der Waals surface area contributed by atoms with Gasteiger partial charge in [0.15, 0.2) is 11.6 Å². The highest BCUT2D eigenvalue weighted by atomic mass is 32.1. The molecule has 0 unspecified atom stereocenters. The Morgan fingerprint density at radius 1 is 1.12 bits per heavy atom.